The minimum absolute atomic E-state index is 0.0437. The van der Waals surface area contributed by atoms with Crippen molar-refractivity contribution in [2.75, 3.05) is 0 Å². The van der Waals surface area contributed by atoms with Gasteiger partial charge in [0.15, 0.2) is 11.6 Å². The monoisotopic (exact) mass is 221 g/mol. The predicted molar refractivity (Wildman–Crippen MR) is 55.4 cm³/mol. The van der Waals surface area contributed by atoms with Gasteiger partial charge in [0.2, 0.25) is 5.88 Å². The lowest BCUT2D eigenvalue weighted by atomic mass is 10.3. The second-order valence-electron chi connectivity index (χ2n) is 3.35. The van der Waals surface area contributed by atoms with E-state index in [1.165, 1.54) is 6.07 Å². The molecular weight excluding hydrogens is 212 g/mol. The number of aromatic nitrogens is 1. The molecule has 1 aromatic heterocycles. The van der Waals surface area contributed by atoms with E-state index in [2.05, 4.69) is 4.98 Å². The molecule has 2 rings (SSSR count). The van der Waals surface area contributed by atoms with Crippen molar-refractivity contribution in [1.82, 2.24) is 4.98 Å². The molecule has 0 aliphatic heterocycles. The van der Waals surface area contributed by atoms with Gasteiger partial charge in [-0.2, -0.15) is 0 Å². The van der Waals surface area contributed by atoms with E-state index in [0.29, 0.717) is 0 Å². The van der Waals surface area contributed by atoms with E-state index in [9.17, 15) is 8.78 Å². The average Bonchev–Trinajstić information content (AvgIpc) is 2.25. The maximum absolute atomic E-state index is 13.2. The number of ether oxygens (including phenoxy) is 1. The van der Waals surface area contributed by atoms with E-state index in [1.807, 2.05) is 6.92 Å². The highest BCUT2D eigenvalue weighted by molar-refractivity contribution is 5.29. The first-order valence-electron chi connectivity index (χ1n) is 4.71. The topological polar surface area (TPSA) is 22.1 Å². The molecule has 82 valence electrons. The normalized spacial score (nSPS) is 10.2. The summed E-state index contributed by atoms with van der Waals surface area (Å²) < 4.78 is 31.0. The van der Waals surface area contributed by atoms with Gasteiger partial charge < -0.3 is 4.74 Å². The first-order valence-corrected chi connectivity index (χ1v) is 4.71. The Morgan fingerprint density at radius 3 is 2.56 bits per heavy atom. The van der Waals surface area contributed by atoms with Gasteiger partial charge in [0, 0.05) is 18.3 Å². The molecule has 0 saturated heterocycles. The summed E-state index contributed by atoms with van der Waals surface area (Å²) >= 11 is 0. The van der Waals surface area contributed by atoms with Crippen LogP contribution in [0.3, 0.4) is 0 Å². The molecule has 0 spiro atoms. The highest BCUT2D eigenvalue weighted by atomic mass is 19.1. The zero-order chi connectivity index (χ0) is 11.5. The molecule has 0 saturated carbocycles. The lowest BCUT2D eigenvalue weighted by Gasteiger charge is -2.05. The number of pyridine rings is 1. The molecule has 0 amide bonds. The molecule has 0 atom stereocenters. The molecule has 0 aliphatic rings. The molecule has 0 aliphatic carbocycles. The van der Waals surface area contributed by atoms with Crippen LogP contribution in [0.1, 0.15) is 5.56 Å². The second-order valence-corrected chi connectivity index (χ2v) is 3.35. The standard InChI is InChI=1S/C12H9F2NO/c1-8-2-5-12(15-7-8)16-11-4-3-9(13)6-10(11)14/h2-7H,1H3. The second kappa shape index (κ2) is 4.26. The Kier molecular flexibility index (Phi) is 2.81. The van der Waals surface area contributed by atoms with Crippen LogP contribution in [0.5, 0.6) is 11.6 Å². The maximum atomic E-state index is 13.2. The van der Waals surface area contributed by atoms with Gasteiger partial charge in [-0.25, -0.2) is 13.8 Å². The molecule has 0 fully saturated rings. The number of rotatable bonds is 2. The van der Waals surface area contributed by atoms with Gasteiger partial charge >= 0.3 is 0 Å². The Labute approximate surface area is 91.5 Å². The fourth-order valence-electron chi connectivity index (χ4n) is 1.19. The van der Waals surface area contributed by atoms with Gasteiger partial charge in [0.25, 0.3) is 0 Å². The van der Waals surface area contributed by atoms with E-state index >= 15 is 0 Å². The van der Waals surface area contributed by atoms with Crippen LogP contribution in [-0.4, -0.2) is 4.98 Å². The Balaban J connectivity index is 2.23. The number of halogens is 2. The third-order valence-corrected chi connectivity index (χ3v) is 1.99. The smallest absolute Gasteiger partial charge is 0.219 e. The summed E-state index contributed by atoms with van der Waals surface area (Å²) in [6.45, 7) is 1.88. The van der Waals surface area contributed by atoms with Gasteiger partial charge in [0.05, 0.1) is 0 Å². The summed E-state index contributed by atoms with van der Waals surface area (Å²) in [4.78, 5) is 3.95. The van der Waals surface area contributed by atoms with Crippen LogP contribution in [0.25, 0.3) is 0 Å². The number of hydrogen-bond donors (Lipinski definition) is 0. The van der Waals surface area contributed by atoms with Crippen molar-refractivity contribution in [3.63, 3.8) is 0 Å². The van der Waals surface area contributed by atoms with Gasteiger partial charge in [-0.1, -0.05) is 6.07 Å². The number of aryl methyl sites for hydroxylation is 1. The van der Waals surface area contributed by atoms with Crippen molar-refractivity contribution in [3.05, 3.63) is 53.7 Å². The van der Waals surface area contributed by atoms with E-state index < -0.39 is 11.6 Å². The summed E-state index contributed by atoms with van der Waals surface area (Å²) in [5, 5.41) is 0. The number of benzene rings is 1. The Morgan fingerprint density at radius 1 is 1.12 bits per heavy atom. The molecule has 1 aromatic carbocycles. The minimum atomic E-state index is -0.748. The van der Waals surface area contributed by atoms with Crippen molar-refractivity contribution >= 4 is 0 Å². The fraction of sp³-hybridized carbons (Fsp3) is 0.0833. The lowest BCUT2D eigenvalue weighted by Crippen LogP contribution is -1.91. The van der Waals surface area contributed by atoms with Gasteiger partial charge in [-0.3, -0.25) is 0 Å². The molecule has 0 radical (unpaired) electrons. The van der Waals surface area contributed by atoms with Crippen LogP contribution in [-0.2, 0) is 0 Å². The molecule has 2 nitrogen and oxygen atoms in total. The average molecular weight is 221 g/mol. The van der Waals surface area contributed by atoms with Crippen molar-refractivity contribution in [2.24, 2.45) is 0 Å². The van der Waals surface area contributed by atoms with Crippen LogP contribution >= 0.6 is 0 Å². The van der Waals surface area contributed by atoms with Crippen LogP contribution in [0, 0.1) is 18.6 Å². The van der Waals surface area contributed by atoms with E-state index in [1.54, 1.807) is 18.3 Å². The van der Waals surface area contributed by atoms with E-state index in [0.717, 1.165) is 17.7 Å². The van der Waals surface area contributed by atoms with Crippen LogP contribution in [0.2, 0.25) is 0 Å². The quantitative estimate of drug-likeness (QED) is 0.774. The van der Waals surface area contributed by atoms with E-state index in [-0.39, 0.29) is 11.6 Å². The van der Waals surface area contributed by atoms with Crippen molar-refractivity contribution in [2.45, 2.75) is 6.92 Å². The van der Waals surface area contributed by atoms with Crippen molar-refractivity contribution in [1.29, 1.82) is 0 Å². The SMILES string of the molecule is Cc1ccc(Oc2ccc(F)cc2F)nc1. The van der Waals surface area contributed by atoms with Crippen LogP contribution < -0.4 is 4.74 Å². The van der Waals surface area contributed by atoms with Crippen molar-refractivity contribution < 1.29 is 13.5 Å². The minimum Gasteiger partial charge on any atom is -0.436 e. The van der Waals surface area contributed by atoms with Gasteiger partial charge in [0.1, 0.15) is 5.82 Å². The highest BCUT2D eigenvalue weighted by Crippen LogP contribution is 2.23. The van der Waals surface area contributed by atoms with Gasteiger partial charge in [-0.05, 0) is 24.6 Å². The molecule has 0 N–H and O–H groups in total. The zero-order valence-electron chi connectivity index (χ0n) is 8.58. The Morgan fingerprint density at radius 2 is 1.94 bits per heavy atom. The lowest BCUT2D eigenvalue weighted by molar-refractivity contribution is 0.423. The summed E-state index contributed by atoms with van der Waals surface area (Å²) in [6, 6.07) is 6.55. The van der Waals surface area contributed by atoms with Gasteiger partial charge in [-0.15, -0.1) is 0 Å². The zero-order valence-corrected chi connectivity index (χ0v) is 8.58. The third kappa shape index (κ3) is 2.34. The first-order chi connectivity index (χ1) is 7.65. The fourth-order valence-corrected chi connectivity index (χ4v) is 1.19. The van der Waals surface area contributed by atoms with Crippen LogP contribution in [0.4, 0.5) is 8.78 Å². The van der Waals surface area contributed by atoms with Crippen molar-refractivity contribution in [3.8, 4) is 11.6 Å². The first kappa shape index (κ1) is 10.5. The summed E-state index contributed by atoms with van der Waals surface area (Å²) in [7, 11) is 0. The molecule has 4 heteroatoms. The van der Waals surface area contributed by atoms with Crippen LogP contribution in [0.15, 0.2) is 36.5 Å². The maximum Gasteiger partial charge on any atom is 0.219 e. The molecule has 0 unspecified atom stereocenters. The predicted octanol–water partition coefficient (Wildman–Crippen LogP) is 3.46. The molecule has 2 aromatic rings. The highest BCUT2D eigenvalue weighted by Gasteiger charge is 2.06. The third-order valence-electron chi connectivity index (χ3n) is 1.99. The molecule has 1 heterocycles. The summed E-state index contributed by atoms with van der Waals surface area (Å²) in [6.07, 6.45) is 1.61. The number of nitrogens with zero attached hydrogens (tertiary/aromatic N) is 1. The molecule has 0 bridgehead atoms. The summed E-state index contributed by atoms with van der Waals surface area (Å²) in [5.41, 5.74) is 0.979. The Hall–Kier alpha value is -1.97. The van der Waals surface area contributed by atoms with E-state index in [4.69, 9.17) is 4.74 Å². The number of hydrogen-bond acceptors (Lipinski definition) is 2. The Bertz CT molecular complexity index is 497. The largest absolute Gasteiger partial charge is 0.436 e. The molecular formula is C12H9F2NO. The molecule has 16 heavy (non-hydrogen) atoms. The summed E-state index contributed by atoms with van der Waals surface area (Å²) in [5.74, 6) is -1.15.